The first-order chi connectivity index (χ1) is 6.00. The Hall–Kier alpha value is -0.780. The van der Waals surface area contributed by atoms with Crippen LogP contribution in [0.5, 0.6) is 0 Å². The third kappa shape index (κ3) is 1.93. The first kappa shape index (κ1) is 10.3. The lowest BCUT2D eigenvalue weighted by Crippen LogP contribution is -2.15. The van der Waals surface area contributed by atoms with Crippen molar-refractivity contribution in [1.82, 2.24) is 15.0 Å². The van der Waals surface area contributed by atoms with Crippen molar-refractivity contribution in [2.24, 2.45) is 0 Å². The van der Waals surface area contributed by atoms with Crippen molar-refractivity contribution >= 4 is 11.6 Å². The topological polar surface area (TPSA) is 30.7 Å². The highest BCUT2D eigenvalue weighted by atomic mass is 35.5. The van der Waals surface area contributed by atoms with E-state index in [2.05, 4.69) is 10.3 Å². The van der Waals surface area contributed by atoms with Gasteiger partial charge in [0.15, 0.2) is 5.69 Å². The van der Waals surface area contributed by atoms with Gasteiger partial charge in [0, 0.05) is 6.54 Å². The molecule has 7 heteroatoms. The molecule has 1 aromatic rings. The van der Waals surface area contributed by atoms with E-state index in [1.54, 1.807) is 6.92 Å². The molecule has 0 radical (unpaired) electrons. The highest BCUT2D eigenvalue weighted by Gasteiger charge is 2.38. The largest absolute Gasteiger partial charge is 0.434 e. The van der Waals surface area contributed by atoms with Gasteiger partial charge < -0.3 is 0 Å². The zero-order valence-corrected chi connectivity index (χ0v) is 7.52. The molecule has 0 amide bonds. The van der Waals surface area contributed by atoms with Gasteiger partial charge in [-0.2, -0.15) is 13.2 Å². The first-order valence-corrected chi connectivity index (χ1v) is 4.09. The summed E-state index contributed by atoms with van der Waals surface area (Å²) >= 11 is 5.29. The molecule has 0 saturated heterocycles. The summed E-state index contributed by atoms with van der Waals surface area (Å²) in [5, 5.41) is 6.67. The van der Waals surface area contributed by atoms with Crippen molar-refractivity contribution in [3.05, 3.63) is 11.4 Å². The van der Waals surface area contributed by atoms with Crippen molar-refractivity contribution in [2.45, 2.75) is 25.5 Å². The number of nitrogens with zero attached hydrogens (tertiary/aromatic N) is 3. The smallest absolute Gasteiger partial charge is 0.240 e. The van der Waals surface area contributed by atoms with Crippen LogP contribution >= 0.6 is 11.6 Å². The Bertz CT molecular complexity index is 272. The minimum atomic E-state index is -4.44. The molecule has 0 aliphatic carbocycles. The van der Waals surface area contributed by atoms with Crippen LogP contribution in [0.1, 0.15) is 18.3 Å². The van der Waals surface area contributed by atoms with Crippen molar-refractivity contribution in [2.75, 3.05) is 0 Å². The molecular weight excluding hydrogens is 207 g/mol. The van der Waals surface area contributed by atoms with Gasteiger partial charge in [0.2, 0.25) is 0 Å². The summed E-state index contributed by atoms with van der Waals surface area (Å²) in [4.78, 5) is 0. The number of halogens is 4. The van der Waals surface area contributed by atoms with E-state index in [0.29, 0.717) is 0 Å². The maximum absolute atomic E-state index is 12.4. The van der Waals surface area contributed by atoms with Crippen LogP contribution in [0.2, 0.25) is 0 Å². The summed E-state index contributed by atoms with van der Waals surface area (Å²) < 4.78 is 37.9. The van der Waals surface area contributed by atoms with Gasteiger partial charge in [-0.25, -0.2) is 4.68 Å². The molecule has 0 unspecified atom stereocenters. The Balaban J connectivity index is 3.20. The zero-order chi connectivity index (χ0) is 10.1. The number of hydrogen-bond acceptors (Lipinski definition) is 2. The Morgan fingerprint density at radius 1 is 1.46 bits per heavy atom. The van der Waals surface area contributed by atoms with E-state index in [0.717, 1.165) is 4.68 Å². The normalized spacial score (nSPS) is 12.1. The number of rotatable bonds is 2. The summed E-state index contributed by atoms with van der Waals surface area (Å²) in [6.45, 7) is 1.68. The van der Waals surface area contributed by atoms with E-state index in [9.17, 15) is 13.2 Å². The summed E-state index contributed by atoms with van der Waals surface area (Å²) in [6.07, 6.45) is -4.44. The highest BCUT2D eigenvalue weighted by Crippen LogP contribution is 2.31. The quantitative estimate of drug-likeness (QED) is 0.704. The van der Waals surface area contributed by atoms with E-state index in [1.165, 1.54) is 0 Å². The summed E-state index contributed by atoms with van der Waals surface area (Å²) in [7, 11) is 0. The standard InChI is InChI=1S/C6H7ClF3N3/c1-2-13-5(6(8,9)10)4(3-7)11-12-13/h2-3H2,1H3. The predicted octanol–water partition coefficient (Wildman–Crippen LogP) is 2.06. The monoisotopic (exact) mass is 213 g/mol. The van der Waals surface area contributed by atoms with Gasteiger partial charge in [-0.05, 0) is 6.92 Å². The minimum absolute atomic E-state index is 0.124. The molecule has 1 aromatic heterocycles. The SMILES string of the molecule is CCn1nnc(CCl)c1C(F)(F)F. The van der Waals surface area contributed by atoms with E-state index in [1.807, 2.05) is 0 Å². The molecule has 74 valence electrons. The predicted molar refractivity (Wildman–Crippen MR) is 40.3 cm³/mol. The van der Waals surface area contributed by atoms with Crippen LogP contribution in [0, 0.1) is 0 Å². The van der Waals surface area contributed by atoms with Crippen molar-refractivity contribution in [3.8, 4) is 0 Å². The molecule has 13 heavy (non-hydrogen) atoms. The van der Waals surface area contributed by atoms with E-state index in [4.69, 9.17) is 11.6 Å². The molecule has 0 N–H and O–H groups in total. The second kappa shape index (κ2) is 3.53. The Kier molecular flexibility index (Phi) is 2.80. The molecule has 0 saturated carbocycles. The third-order valence-electron chi connectivity index (χ3n) is 1.50. The second-order valence-electron chi connectivity index (χ2n) is 2.33. The minimum Gasteiger partial charge on any atom is -0.240 e. The van der Waals surface area contributed by atoms with Gasteiger partial charge >= 0.3 is 6.18 Å². The lowest BCUT2D eigenvalue weighted by molar-refractivity contribution is -0.144. The fourth-order valence-electron chi connectivity index (χ4n) is 0.970. The van der Waals surface area contributed by atoms with Gasteiger partial charge in [0.05, 0.1) is 5.88 Å². The lowest BCUT2D eigenvalue weighted by Gasteiger charge is -2.08. The van der Waals surface area contributed by atoms with Crippen LogP contribution in [-0.4, -0.2) is 15.0 Å². The van der Waals surface area contributed by atoms with E-state index in [-0.39, 0.29) is 18.1 Å². The Morgan fingerprint density at radius 3 is 2.46 bits per heavy atom. The molecule has 0 atom stereocenters. The van der Waals surface area contributed by atoms with Crippen molar-refractivity contribution in [1.29, 1.82) is 0 Å². The maximum atomic E-state index is 12.4. The van der Waals surface area contributed by atoms with Crippen LogP contribution in [0.25, 0.3) is 0 Å². The summed E-state index contributed by atoms with van der Waals surface area (Å²) in [5.74, 6) is -0.283. The first-order valence-electron chi connectivity index (χ1n) is 3.56. The highest BCUT2D eigenvalue weighted by molar-refractivity contribution is 6.16. The molecule has 0 bridgehead atoms. The van der Waals surface area contributed by atoms with Crippen LogP contribution in [0.4, 0.5) is 13.2 Å². The third-order valence-corrected chi connectivity index (χ3v) is 1.75. The fourth-order valence-corrected chi connectivity index (χ4v) is 1.15. The number of hydrogen-bond donors (Lipinski definition) is 0. The van der Waals surface area contributed by atoms with Crippen LogP contribution in [0.3, 0.4) is 0 Å². The zero-order valence-electron chi connectivity index (χ0n) is 6.77. The van der Waals surface area contributed by atoms with Gasteiger partial charge in [-0.3, -0.25) is 0 Å². The van der Waals surface area contributed by atoms with E-state index >= 15 is 0 Å². The molecule has 0 aliphatic heterocycles. The molecule has 0 aromatic carbocycles. The lowest BCUT2D eigenvalue weighted by atomic mass is 10.3. The summed E-state index contributed by atoms with van der Waals surface area (Å²) in [5.41, 5.74) is -1.08. The van der Waals surface area contributed by atoms with E-state index < -0.39 is 11.9 Å². The molecule has 1 rings (SSSR count). The molecule has 1 heterocycles. The van der Waals surface area contributed by atoms with Crippen LogP contribution in [-0.2, 0) is 18.6 Å². The van der Waals surface area contributed by atoms with Gasteiger partial charge in [-0.15, -0.1) is 16.7 Å². The molecule has 0 aliphatic rings. The second-order valence-corrected chi connectivity index (χ2v) is 2.60. The molecule has 0 fully saturated rings. The number of aryl methyl sites for hydroxylation is 1. The van der Waals surface area contributed by atoms with Crippen molar-refractivity contribution in [3.63, 3.8) is 0 Å². The maximum Gasteiger partial charge on any atom is 0.434 e. The fraction of sp³-hybridized carbons (Fsp3) is 0.667. The average Bonchev–Trinajstić information content (AvgIpc) is 2.45. The van der Waals surface area contributed by atoms with Gasteiger partial charge in [0.25, 0.3) is 0 Å². The molecule has 0 spiro atoms. The van der Waals surface area contributed by atoms with Gasteiger partial charge in [0.1, 0.15) is 5.69 Å². The van der Waals surface area contributed by atoms with Crippen molar-refractivity contribution < 1.29 is 13.2 Å². The summed E-state index contributed by atoms with van der Waals surface area (Å²) in [6, 6.07) is 0. The van der Waals surface area contributed by atoms with Gasteiger partial charge in [-0.1, -0.05) is 5.21 Å². The number of aromatic nitrogens is 3. The molecule has 3 nitrogen and oxygen atoms in total. The average molecular weight is 214 g/mol. The Labute approximate surface area is 77.5 Å². The van der Waals surface area contributed by atoms with Crippen LogP contribution < -0.4 is 0 Å². The number of alkyl halides is 4. The van der Waals surface area contributed by atoms with Crippen LogP contribution in [0.15, 0.2) is 0 Å². The Morgan fingerprint density at radius 2 is 2.08 bits per heavy atom. The molecular formula is C6H7ClF3N3.